The fourth-order valence-corrected chi connectivity index (χ4v) is 2.73. The lowest BCUT2D eigenvalue weighted by atomic mass is 10.1. The maximum absolute atomic E-state index is 11.1. The Morgan fingerprint density at radius 1 is 1.47 bits per heavy atom. The Balaban J connectivity index is 3.20. The number of aromatic nitrogens is 1. The molecule has 1 N–H and O–H groups in total. The molecule has 0 unspecified atom stereocenters. The van der Waals surface area contributed by atoms with Crippen LogP contribution in [0.2, 0.25) is 10.2 Å². The van der Waals surface area contributed by atoms with Crippen LogP contribution < -0.4 is 0 Å². The molecular formula is C11H14BrCl2NO2. The molecule has 6 heteroatoms. The third kappa shape index (κ3) is 3.18. The second-order valence-electron chi connectivity index (χ2n) is 4.20. The highest BCUT2D eigenvalue weighted by Gasteiger charge is 2.24. The highest BCUT2D eigenvalue weighted by Crippen LogP contribution is 2.33. The molecule has 1 aromatic heterocycles. The first-order valence-electron chi connectivity index (χ1n) is 5.25. The van der Waals surface area contributed by atoms with E-state index in [2.05, 4.69) is 29.8 Å². The van der Waals surface area contributed by atoms with Gasteiger partial charge in [-0.05, 0) is 12.3 Å². The molecular weight excluding hydrogens is 329 g/mol. The predicted octanol–water partition coefficient (Wildman–Crippen LogP) is 4.43. The van der Waals surface area contributed by atoms with E-state index in [1.807, 2.05) is 0 Å². The van der Waals surface area contributed by atoms with E-state index < -0.39 is 5.97 Å². The second-order valence-corrected chi connectivity index (χ2v) is 5.50. The number of carboxylic acid groups (broad SMARTS) is 1. The summed E-state index contributed by atoms with van der Waals surface area (Å²) in [6.45, 7) is 4.88. The van der Waals surface area contributed by atoms with Gasteiger partial charge in [0.15, 0.2) is 0 Å². The van der Waals surface area contributed by atoms with Gasteiger partial charge < -0.3 is 9.67 Å². The molecule has 0 aliphatic rings. The summed E-state index contributed by atoms with van der Waals surface area (Å²) in [6, 6.07) is 0. The van der Waals surface area contributed by atoms with Crippen LogP contribution in [0.3, 0.4) is 0 Å². The molecule has 17 heavy (non-hydrogen) atoms. The molecule has 96 valence electrons. The fourth-order valence-electron chi connectivity index (χ4n) is 1.58. The number of hydrogen-bond acceptors (Lipinski definition) is 1. The average molecular weight is 343 g/mol. The van der Waals surface area contributed by atoms with Crippen molar-refractivity contribution in [1.29, 1.82) is 0 Å². The third-order valence-corrected chi connectivity index (χ3v) is 3.91. The zero-order chi connectivity index (χ0) is 13.2. The lowest BCUT2D eigenvalue weighted by Crippen LogP contribution is -2.07. The Hall–Kier alpha value is -0.190. The van der Waals surface area contributed by atoms with Gasteiger partial charge in [0.25, 0.3) is 0 Å². The van der Waals surface area contributed by atoms with Crippen LogP contribution in [-0.2, 0) is 11.9 Å². The van der Waals surface area contributed by atoms with Crippen molar-refractivity contribution in [3.05, 3.63) is 21.4 Å². The lowest BCUT2D eigenvalue weighted by Gasteiger charge is -2.11. The average Bonchev–Trinajstić information content (AvgIpc) is 2.48. The summed E-state index contributed by atoms with van der Waals surface area (Å²) in [5, 5.41) is 9.96. The highest BCUT2D eigenvalue weighted by atomic mass is 79.9. The topological polar surface area (TPSA) is 42.2 Å². The molecule has 0 spiro atoms. The minimum Gasteiger partial charge on any atom is -0.478 e. The van der Waals surface area contributed by atoms with Gasteiger partial charge in [0.1, 0.15) is 10.7 Å². The molecule has 0 bridgehead atoms. The lowest BCUT2D eigenvalue weighted by molar-refractivity contribution is 0.0696. The van der Waals surface area contributed by atoms with Crippen LogP contribution in [0.5, 0.6) is 0 Å². The van der Waals surface area contributed by atoms with E-state index >= 15 is 0 Å². The Morgan fingerprint density at radius 3 is 2.47 bits per heavy atom. The van der Waals surface area contributed by atoms with Crippen molar-refractivity contribution in [2.75, 3.05) is 0 Å². The van der Waals surface area contributed by atoms with Crippen molar-refractivity contribution in [1.82, 2.24) is 4.57 Å². The standard InChI is InChI=1S/C11H14BrCl2NO2/c1-6(2)3-4-15-7(5-12)8(11(16)17)9(13)10(15)14/h6H,3-5H2,1-2H3,(H,16,17). The molecule has 0 aliphatic heterocycles. The minimum absolute atomic E-state index is 0.0947. The van der Waals surface area contributed by atoms with Crippen LogP contribution >= 0.6 is 39.1 Å². The summed E-state index contributed by atoms with van der Waals surface area (Å²) in [5.41, 5.74) is 0.713. The molecule has 0 saturated carbocycles. The molecule has 0 atom stereocenters. The van der Waals surface area contributed by atoms with Gasteiger partial charge >= 0.3 is 5.97 Å². The van der Waals surface area contributed by atoms with Crippen LogP contribution in [0.1, 0.15) is 36.3 Å². The number of nitrogens with zero attached hydrogens (tertiary/aromatic N) is 1. The quantitative estimate of drug-likeness (QED) is 0.804. The summed E-state index contributed by atoms with van der Waals surface area (Å²) < 4.78 is 1.77. The number of carbonyl (C=O) groups is 1. The van der Waals surface area contributed by atoms with E-state index in [0.717, 1.165) is 6.42 Å². The van der Waals surface area contributed by atoms with E-state index in [0.29, 0.717) is 28.6 Å². The minimum atomic E-state index is -1.05. The van der Waals surface area contributed by atoms with Gasteiger partial charge in [-0.1, -0.05) is 53.0 Å². The van der Waals surface area contributed by atoms with Gasteiger partial charge in [0.05, 0.1) is 5.02 Å². The van der Waals surface area contributed by atoms with Gasteiger partial charge in [0.2, 0.25) is 0 Å². The Kier molecular flexibility index (Phi) is 5.35. The number of halogens is 3. The summed E-state index contributed by atoms with van der Waals surface area (Å²) in [7, 11) is 0. The second kappa shape index (κ2) is 6.12. The van der Waals surface area contributed by atoms with Crippen LogP contribution in [0.25, 0.3) is 0 Å². The van der Waals surface area contributed by atoms with Gasteiger partial charge in [0, 0.05) is 17.6 Å². The van der Waals surface area contributed by atoms with E-state index in [4.69, 9.17) is 28.3 Å². The first-order valence-corrected chi connectivity index (χ1v) is 7.13. The zero-order valence-electron chi connectivity index (χ0n) is 9.64. The normalized spacial score (nSPS) is 11.2. The van der Waals surface area contributed by atoms with Crippen molar-refractivity contribution >= 4 is 45.1 Å². The molecule has 0 fully saturated rings. The van der Waals surface area contributed by atoms with E-state index in [1.54, 1.807) is 4.57 Å². The number of hydrogen-bond donors (Lipinski definition) is 1. The number of alkyl halides is 1. The Labute approximate surface area is 119 Å². The predicted molar refractivity (Wildman–Crippen MR) is 73.5 cm³/mol. The first kappa shape index (κ1) is 14.9. The van der Waals surface area contributed by atoms with Crippen molar-refractivity contribution in [3.8, 4) is 0 Å². The number of rotatable bonds is 5. The summed E-state index contributed by atoms with van der Waals surface area (Å²) in [4.78, 5) is 11.1. The summed E-state index contributed by atoms with van der Waals surface area (Å²) in [5.74, 6) is -0.529. The first-order chi connectivity index (χ1) is 7.90. The zero-order valence-corrected chi connectivity index (χ0v) is 12.7. The molecule has 1 aromatic rings. The fraction of sp³-hybridized carbons (Fsp3) is 0.545. The highest BCUT2D eigenvalue weighted by molar-refractivity contribution is 9.08. The largest absolute Gasteiger partial charge is 0.478 e. The molecule has 0 radical (unpaired) electrons. The molecule has 0 aromatic carbocycles. The van der Waals surface area contributed by atoms with Crippen molar-refractivity contribution < 1.29 is 9.90 Å². The monoisotopic (exact) mass is 341 g/mol. The third-order valence-electron chi connectivity index (χ3n) is 2.52. The Morgan fingerprint density at radius 2 is 2.06 bits per heavy atom. The molecule has 0 saturated heterocycles. The van der Waals surface area contributed by atoms with Gasteiger partial charge in [-0.3, -0.25) is 0 Å². The molecule has 1 rings (SSSR count). The SMILES string of the molecule is CC(C)CCn1c(Cl)c(Cl)c(C(=O)O)c1CBr. The molecule has 0 amide bonds. The van der Waals surface area contributed by atoms with Gasteiger partial charge in [-0.25, -0.2) is 4.79 Å². The van der Waals surface area contributed by atoms with Crippen molar-refractivity contribution in [2.45, 2.75) is 32.1 Å². The van der Waals surface area contributed by atoms with Crippen LogP contribution in [0.15, 0.2) is 0 Å². The number of carboxylic acids is 1. The van der Waals surface area contributed by atoms with Crippen LogP contribution in [0.4, 0.5) is 0 Å². The molecule has 1 heterocycles. The van der Waals surface area contributed by atoms with Gasteiger partial charge in [-0.15, -0.1) is 0 Å². The van der Waals surface area contributed by atoms with Crippen LogP contribution in [-0.4, -0.2) is 15.6 Å². The van der Waals surface area contributed by atoms with E-state index in [9.17, 15) is 4.79 Å². The molecule has 3 nitrogen and oxygen atoms in total. The van der Waals surface area contributed by atoms with E-state index in [1.165, 1.54) is 0 Å². The smallest absolute Gasteiger partial charge is 0.339 e. The summed E-state index contributed by atoms with van der Waals surface area (Å²) in [6.07, 6.45) is 0.920. The van der Waals surface area contributed by atoms with Crippen LogP contribution in [0, 0.1) is 5.92 Å². The molecule has 0 aliphatic carbocycles. The van der Waals surface area contributed by atoms with Gasteiger partial charge in [-0.2, -0.15) is 0 Å². The Bertz CT molecular complexity index is 430. The summed E-state index contributed by atoms with van der Waals surface area (Å²) >= 11 is 15.3. The number of aromatic carboxylic acids is 1. The van der Waals surface area contributed by atoms with Crippen molar-refractivity contribution in [3.63, 3.8) is 0 Å². The maximum atomic E-state index is 11.1. The van der Waals surface area contributed by atoms with Crippen molar-refractivity contribution in [2.24, 2.45) is 5.92 Å². The van der Waals surface area contributed by atoms with E-state index in [-0.39, 0.29) is 10.6 Å². The maximum Gasteiger partial charge on any atom is 0.339 e.